The lowest BCUT2D eigenvalue weighted by Gasteiger charge is -2.15. The molecule has 0 amide bonds. The average Bonchev–Trinajstić information content (AvgIpc) is 2.68. The lowest BCUT2D eigenvalue weighted by Crippen LogP contribution is -2.25. The van der Waals surface area contributed by atoms with Crippen molar-refractivity contribution in [2.45, 2.75) is 25.9 Å². The van der Waals surface area contributed by atoms with E-state index in [4.69, 9.17) is 4.74 Å². The van der Waals surface area contributed by atoms with Crippen LogP contribution in [0, 0.1) is 0 Å². The molecule has 1 heterocycles. The Morgan fingerprint density at radius 1 is 1.33 bits per heavy atom. The van der Waals surface area contributed by atoms with E-state index in [-0.39, 0.29) is 0 Å². The van der Waals surface area contributed by atoms with Crippen molar-refractivity contribution in [3.05, 3.63) is 30.3 Å². The van der Waals surface area contributed by atoms with E-state index >= 15 is 0 Å². The van der Waals surface area contributed by atoms with Gasteiger partial charge in [0, 0.05) is 13.1 Å². The molecule has 1 aliphatic heterocycles. The Morgan fingerprint density at radius 2 is 2.13 bits per heavy atom. The van der Waals surface area contributed by atoms with E-state index in [9.17, 15) is 0 Å². The zero-order valence-corrected chi connectivity index (χ0v) is 9.36. The maximum atomic E-state index is 5.91. The summed E-state index contributed by atoms with van der Waals surface area (Å²) in [6.45, 7) is 5.70. The summed E-state index contributed by atoms with van der Waals surface area (Å²) in [6, 6.07) is 10.1. The van der Waals surface area contributed by atoms with Gasteiger partial charge in [0.15, 0.2) is 0 Å². The average molecular weight is 205 g/mol. The van der Waals surface area contributed by atoms with Crippen molar-refractivity contribution in [1.29, 1.82) is 0 Å². The molecule has 1 unspecified atom stereocenters. The first kappa shape index (κ1) is 10.5. The van der Waals surface area contributed by atoms with E-state index in [2.05, 4.69) is 11.8 Å². The molecule has 1 aromatic carbocycles. The van der Waals surface area contributed by atoms with Gasteiger partial charge in [-0.1, -0.05) is 25.1 Å². The third kappa shape index (κ3) is 2.96. The van der Waals surface area contributed by atoms with Crippen LogP contribution in [-0.4, -0.2) is 30.6 Å². The molecule has 2 rings (SSSR count). The van der Waals surface area contributed by atoms with Crippen LogP contribution >= 0.6 is 0 Å². The fourth-order valence-corrected chi connectivity index (χ4v) is 2.10. The van der Waals surface area contributed by atoms with E-state index in [1.165, 1.54) is 19.5 Å². The topological polar surface area (TPSA) is 12.5 Å². The standard InChI is InChI=1S/C13H19NO/c1-2-9-14-10-8-13(11-14)15-12-6-4-3-5-7-12/h3-7,13H,2,8-11H2,1H3. The maximum Gasteiger partial charge on any atom is 0.119 e. The molecule has 1 saturated heterocycles. The number of ether oxygens (including phenoxy) is 1. The first-order chi connectivity index (χ1) is 7.38. The number of benzene rings is 1. The van der Waals surface area contributed by atoms with Gasteiger partial charge >= 0.3 is 0 Å². The molecule has 0 radical (unpaired) electrons. The van der Waals surface area contributed by atoms with Gasteiger partial charge in [-0.25, -0.2) is 0 Å². The van der Waals surface area contributed by atoms with Gasteiger partial charge in [-0.3, -0.25) is 4.90 Å². The second-order valence-corrected chi connectivity index (χ2v) is 4.14. The quantitative estimate of drug-likeness (QED) is 0.749. The highest BCUT2D eigenvalue weighted by molar-refractivity contribution is 5.21. The SMILES string of the molecule is CCCN1CCC(Oc2ccccc2)C1. The molecule has 0 aliphatic carbocycles. The summed E-state index contributed by atoms with van der Waals surface area (Å²) in [5, 5.41) is 0. The number of hydrogen-bond acceptors (Lipinski definition) is 2. The highest BCUT2D eigenvalue weighted by Gasteiger charge is 2.22. The van der Waals surface area contributed by atoms with Crippen molar-refractivity contribution in [1.82, 2.24) is 4.90 Å². The van der Waals surface area contributed by atoms with Gasteiger partial charge in [-0.05, 0) is 31.5 Å². The predicted molar refractivity (Wildman–Crippen MR) is 62.2 cm³/mol. The van der Waals surface area contributed by atoms with Crippen LogP contribution in [0.3, 0.4) is 0 Å². The van der Waals surface area contributed by atoms with Crippen LogP contribution in [0.25, 0.3) is 0 Å². The number of rotatable bonds is 4. The van der Waals surface area contributed by atoms with Crippen LogP contribution in [0.5, 0.6) is 5.75 Å². The van der Waals surface area contributed by atoms with Crippen molar-refractivity contribution in [3.8, 4) is 5.75 Å². The molecule has 1 atom stereocenters. The molecule has 1 aliphatic rings. The van der Waals surface area contributed by atoms with Crippen LogP contribution < -0.4 is 4.74 Å². The second kappa shape index (κ2) is 5.17. The normalized spacial score (nSPS) is 21.8. The third-order valence-electron chi connectivity index (χ3n) is 2.81. The minimum Gasteiger partial charge on any atom is -0.489 e. The summed E-state index contributed by atoms with van der Waals surface area (Å²) in [6.07, 6.45) is 2.78. The van der Waals surface area contributed by atoms with Crippen LogP contribution in [0.2, 0.25) is 0 Å². The lowest BCUT2D eigenvalue weighted by molar-refractivity contribution is 0.200. The molecule has 2 heteroatoms. The highest BCUT2D eigenvalue weighted by Crippen LogP contribution is 2.17. The first-order valence-electron chi connectivity index (χ1n) is 5.82. The first-order valence-corrected chi connectivity index (χ1v) is 5.82. The summed E-state index contributed by atoms with van der Waals surface area (Å²) < 4.78 is 5.91. The molecule has 0 bridgehead atoms. The predicted octanol–water partition coefficient (Wildman–Crippen LogP) is 2.55. The zero-order valence-electron chi connectivity index (χ0n) is 9.36. The van der Waals surface area contributed by atoms with Gasteiger partial charge in [-0.2, -0.15) is 0 Å². The van der Waals surface area contributed by atoms with Crippen molar-refractivity contribution in [2.24, 2.45) is 0 Å². The molecule has 2 nitrogen and oxygen atoms in total. The van der Waals surface area contributed by atoms with Gasteiger partial charge in [0.2, 0.25) is 0 Å². The van der Waals surface area contributed by atoms with E-state index in [0.717, 1.165) is 18.7 Å². The molecule has 82 valence electrons. The van der Waals surface area contributed by atoms with Gasteiger partial charge in [0.05, 0.1) is 0 Å². The van der Waals surface area contributed by atoms with Crippen molar-refractivity contribution < 1.29 is 4.74 Å². The summed E-state index contributed by atoms with van der Waals surface area (Å²) in [5.74, 6) is 1.00. The van der Waals surface area contributed by atoms with E-state index in [1.54, 1.807) is 0 Å². The summed E-state index contributed by atoms with van der Waals surface area (Å²) in [4.78, 5) is 2.48. The third-order valence-corrected chi connectivity index (χ3v) is 2.81. The molecule has 0 saturated carbocycles. The van der Waals surface area contributed by atoms with E-state index < -0.39 is 0 Å². The molecule has 0 spiro atoms. The van der Waals surface area contributed by atoms with Crippen molar-refractivity contribution in [2.75, 3.05) is 19.6 Å². The van der Waals surface area contributed by atoms with Gasteiger partial charge in [0.25, 0.3) is 0 Å². The Balaban J connectivity index is 1.82. The summed E-state index contributed by atoms with van der Waals surface area (Å²) in [7, 11) is 0. The Labute approximate surface area is 91.9 Å². The van der Waals surface area contributed by atoms with Crippen LogP contribution in [0.4, 0.5) is 0 Å². The summed E-state index contributed by atoms with van der Waals surface area (Å²) >= 11 is 0. The van der Waals surface area contributed by atoms with Crippen LogP contribution in [0.15, 0.2) is 30.3 Å². The Hall–Kier alpha value is -1.02. The van der Waals surface area contributed by atoms with E-state index in [0.29, 0.717) is 6.10 Å². The molecular formula is C13H19NO. The monoisotopic (exact) mass is 205 g/mol. The molecule has 0 aromatic heterocycles. The van der Waals surface area contributed by atoms with Crippen LogP contribution in [0.1, 0.15) is 19.8 Å². The molecule has 15 heavy (non-hydrogen) atoms. The fourth-order valence-electron chi connectivity index (χ4n) is 2.10. The van der Waals surface area contributed by atoms with Crippen molar-refractivity contribution >= 4 is 0 Å². The molecule has 0 N–H and O–H groups in total. The van der Waals surface area contributed by atoms with Crippen LogP contribution in [-0.2, 0) is 0 Å². The Morgan fingerprint density at radius 3 is 2.87 bits per heavy atom. The summed E-state index contributed by atoms with van der Waals surface area (Å²) in [5.41, 5.74) is 0. The maximum absolute atomic E-state index is 5.91. The molecule has 1 aromatic rings. The number of hydrogen-bond donors (Lipinski definition) is 0. The highest BCUT2D eigenvalue weighted by atomic mass is 16.5. The minimum atomic E-state index is 0.388. The smallest absolute Gasteiger partial charge is 0.119 e. The number of nitrogens with zero attached hydrogens (tertiary/aromatic N) is 1. The Bertz CT molecular complexity index is 286. The molecular weight excluding hydrogens is 186 g/mol. The molecule has 1 fully saturated rings. The van der Waals surface area contributed by atoms with Crippen molar-refractivity contribution in [3.63, 3.8) is 0 Å². The van der Waals surface area contributed by atoms with Gasteiger partial charge in [0.1, 0.15) is 11.9 Å². The number of likely N-dealkylation sites (tertiary alicyclic amines) is 1. The number of para-hydroxylation sites is 1. The fraction of sp³-hybridized carbons (Fsp3) is 0.538. The second-order valence-electron chi connectivity index (χ2n) is 4.14. The lowest BCUT2D eigenvalue weighted by atomic mass is 10.3. The van der Waals surface area contributed by atoms with Gasteiger partial charge in [-0.15, -0.1) is 0 Å². The zero-order chi connectivity index (χ0) is 10.5. The Kier molecular flexibility index (Phi) is 3.62. The van der Waals surface area contributed by atoms with E-state index in [1.807, 2.05) is 30.3 Å². The largest absolute Gasteiger partial charge is 0.489 e. The minimum absolute atomic E-state index is 0.388. The van der Waals surface area contributed by atoms with Gasteiger partial charge < -0.3 is 4.74 Å².